The van der Waals surface area contributed by atoms with Crippen LogP contribution < -0.4 is 0 Å². The summed E-state index contributed by atoms with van der Waals surface area (Å²) in [5.74, 6) is -1.15. The van der Waals surface area contributed by atoms with Gasteiger partial charge >= 0.3 is 0 Å². The standard InChI is InChI=1S/C11H11ClF2N2O/c1-17-5-4-16-9(6-12)15-8-3-2-7(13)10(14)11(8)16/h2-3H,4-6H2,1H3. The van der Waals surface area contributed by atoms with Gasteiger partial charge in [0.15, 0.2) is 11.6 Å². The van der Waals surface area contributed by atoms with Gasteiger partial charge in [-0.2, -0.15) is 0 Å². The van der Waals surface area contributed by atoms with Gasteiger partial charge in [-0.3, -0.25) is 0 Å². The quantitative estimate of drug-likeness (QED) is 0.791. The Balaban J connectivity index is 2.63. The molecule has 0 amide bonds. The summed E-state index contributed by atoms with van der Waals surface area (Å²) >= 11 is 5.73. The van der Waals surface area contributed by atoms with Crippen molar-refractivity contribution in [2.45, 2.75) is 12.4 Å². The first-order chi connectivity index (χ1) is 8.19. The van der Waals surface area contributed by atoms with E-state index in [4.69, 9.17) is 16.3 Å². The van der Waals surface area contributed by atoms with E-state index in [2.05, 4.69) is 4.98 Å². The smallest absolute Gasteiger partial charge is 0.184 e. The first-order valence-corrected chi connectivity index (χ1v) is 5.60. The van der Waals surface area contributed by atoms with Gasteiger partial charge < -0.3 is 9.30 Å². The number of hydrogen-bond donors (Lipinski definition) is 0. The van der Waals surface area contributed by atoms with Gasteiger partial charge in [-0.15, -0.1) is 11.6 Å². The van der Waals surface area contributed by atoms with E-state index < -0.39 is 11.6 Å². The third-order valence-corrected chi connectivity index (χ3v) is 2.76. The van der Waals surface area contributed by atoms with Crippen LogP contribution in [0.4, 0.5) is 8.78 Å². The molecular formula is C11H11ClF2N2O. The lowest BCUT2D eigenvalue weighted by Gasteiger charge is -2.07. The zero-order valence-corrected chi connectivity index (χ0v) is 9.97. The SMILES string of the molecule is COCCn1c(CCl)nc2ccc(F)c(F)c21. The Bertz CT molecular complexity index is 542. The first kappa shape index (κ1) is 12.3. The second-order valence-corrected chi connectivity index (χ2v) is 3.80. The molecule has 0 spiro atoms. The first-order valence-electron chi connectivity index (χ1n) is 5.07. The lowest BCUT2D eigenvalue weighted by Crippen LogP contribution is -2.08. The molecule has 1 heterocycles. The van der Waals surface area contributed by atoms with Gasteiger partial charge in [-0.05, 0) is 12.1 Å². The number of ether oxygens (including phenoxy) is 1. The third kappa shape index (κ3) is 2.12. The van der Waals surface area contributed by atoms with Crippen LogP contribution in [0.25, 0.3) is 11.0 Å². The molecule has 17 heavy (non-hydrogen) atoms. The molecule has 0 fully saturated rings. The maximum absolute atomic E-state index is 13.7. The van der Waals surface area contributed by atoms with Gasteiger partial charge in [-0.1, -0.05) is 0 Å². The van der Waals surface area contributed by atoms with Crippen molar-refractivity contribution in [3.8, 4) is 0 Å². The molecule has 0 unspecified atom stereocenters. The third-order valence-electron chi connectivity index (χ3n) is 2.52. The van der Waals surface area contributed by atoms with Gasteiger partial charge in [0.25, 0.3) is 0 Å². The average Bonchev–Trinajstić information content (AvgIpc) is 2.70. The molecule has 2 aromatic rings. The van der Waals surface area contributed by atoms with Crippen molar-refractivity contribution in [2.75, 3.05) is 13.7 Å². The Morgan fingerprint density at radius 2 is 2.18 bits per heavy atom. The molecular weight excluding hydrogens is 250 g/mol. The second-order valence-electron chi connectivity index (χ2n) is 3.54. The predicted molar refractivity (Wildman–Crippen MR) is 61.1 cm³/mol. The van der Waals surface area contributed by atoms with E-state index in [1.54, 1.807) is 4.57 Å². The van der Waals surface area contributed by atoms with Crippen molar-refractivity contribution in [1.29, 1.82) is 0 Å². The highest BCUT2D eigenvalue weighted by atomic mass is 35.5. The van der Waals surface area contributed by atoms with Gasteiger partial charge in [0.2, 0.25) is 0 Å². The molecule has 92 valence electrons. The summed E-state index contributed by atoms with van der Waals surface area (Å²) in [4.78, 5) is 4.15. The number of alkyl halides is 1. The Hall–Kier alpha value is -1.20. The van der Waals surface area contributed by atoms with Crippen LogP contribution >= 0.6 is 11.6 Å². The number of methoxy groups -OCH3 is 1. The zero-order chi connectivity index (χ0) is 12.4. The van der Waals surface area contributed by atoms with Crippen LogP contribution in [0.5, 0.6) is 0 Å². The summed E-state index contributed by atoms with van der Waals surface area (Å²) < 4.78 is 33.4. The Morgan fingerprint density at radius 3 is 2.82 bits per heavy atom. The van der Waals surface area contributed by atoms with E-state index in [9.17, 15) is 8.78 Å². The molecule has 0 atom stereocenters. The van der Waals surface area contributed by atoms with Gasteiger partial charge in [0.05, 0.1) is 18.0 Å². The molecule has 2 rings (SSSR count). The van der Waals surface area contributed by atoms with Crippen LogP contribution in [0.3, 0.4) is 0 Å². The Labute approximate surface area is 102 Å². The lowest BCUT2D eigenvalue weighted by molar-refractivity contribution is 0.187. The minimum absolute atomic E-state index is 0.137. The van der Waals surface area contributed by atoms with Crippen molar-refractivity contribution in [3.63, 3.8) is 0 Å². The minimum Gasteiger partial charge on any atom is -0.383 e. The van der Waals surface area contributed by atoms with E-state index in [-0.39, 0.29) is 11.4 Å². The van der Waals surface area contributed by atoms with E-state index >= 15 is 0 Å². The molecule has 1 aromatic heterocycles. The summed E-state index contributed by atoms with van der Waals surface area (Å²) in [5.41, 5.74) is 0.536. The average molecular weight is 261 g/mol. The minimum atomic E-state index is -0.900. The fourth-order valence-electron chi connectivity index (χ4n) is 1.73. The maximum Gasteiger partial charge on any atom is 0.184 e. The molecule has 6 heteroatoms. The molecule has 0 saturated carbocycles. The highest BCUT2D eigenvalue weighted by molar-refractivity contribution is 6.16. The van der Waals surface area contributed by atoms with Gasteiger partial charge in [0, 0.05) is 13.7 Å². The number of halogens is 3. The fraction of sp³-hybridized carbons (Fsp3) is 0.364. The number of aromatic nitrogens is 2. The van der Waals surface area contributed by atoms with Crippen molar-refractivity contribution < 1.29 is 13.5 Å². The number of benzene rings is 1. The fourth-order valence-corrected chi connectivity index (χ4v) is 1.93. The van der Waals surface area contributed by atoms with Crippen molar-refractivity contribution in [3.05, 3.63) is 29.6 Å². The number of hydrogen-bond acceptors (Lipinski definition) is 2. The topological polar surface area (TPSA) is 27.1 Å². The normalized spacial score (nSPS) is 11.3. The van der Waals surface area contributed by atoms with Crippen LogP contribution in [0.2, 0.25) is 0 Å². The number of fused-ring (bicyclic) bond motifs is 1. The summed E-state index contributed by atoms with van der Waals surface area (Å²) in [6.45, 7) is 0.765. The Kier molecular flexibility index (Phi) is 3.59. The van der Waals surface area contributed by atoms with Crippen LogP contribution in [-0.2, 0) is 17.2 Å². The summed E-state index contributed by atoms with van der Waals surface area (Å²) in [6.07, 6.45) is 0. The van der Waals surface area contributed by atoms with E-state index in [1.807, 2.05) is 0 Å². The monoisotopic (exact) mass is 260 g/mol. The van der Waals surface area contributed by atoms with Gasteiger partial charge in [0.1, 0.15) is 11.3 Å². The van der Waals surface area contributed by atoms with Crippen LogP contribution in [-0.4, -0.2) is 23.3 Å². The Morgan fingerprint density at radius 1 is 1.41 bits per heavy atom. The van der Waals surface area contributed by atoms with E-state index in [0.29, 0.717) is 24.5 Å². The van der Waals surface area contributed by atoms with E-state index in [0.717, 1.165) is 6.07 Å². The predicted octanol–water partition coefficient (Wildman–Crippen LogP) is 2.70. The molecule has 3 nitrogen and oxygen atoms in total. The molecule has 0 bridgehead atoms. The van der Waals surface area contributed by atoms with Crippen LogP contribution in [0, 0.1) is 11.6 Å². The molecule has 0 aliphatic heterocycles. The molecule has 0 aliphatic carbocycles. The second kappa shape index (κ2) is 4.98. The summed E-state index contributed by atoms with van der Waals surface area (Å²) in [7, 11) is 1.54. The highest BCUT2D eigenvalue weighted by Crippen LogP contribution is 2.22. The highest BCUT2D eigenvalue weighted by Gasteiger charge is 2.16. The van der Waals surface area contributed by atoms with E-state index in [1.165, 1.54) is 13.2 Å². The summed E-state index contributed by atoms with van der Waals surface area (Å²) in [5, 5.41) is 0. The van der Waals surface area contributed by atoms with Crippen molar-refractivity contribution >= 4 is 22.6 Å². The molecule has 0 saturated heterocycles. The zero-order valence-electron chi connectivity index (χ0n) is 9.21. The lowest BCUT2D eigenvalue weighted by atomic mass is 10.3. The van der Waals surface area contributed by atoms with Gasteiger partial charge in [-0.25, -0.2) is 13.8 Å². The molecule has 0 radical (unpaired) electrons. The molecule has 1 aromatic carbocycles. The van der Waals surface area contributed by atoms with Crippen molar-refractivity contribution in [2.24, 2.45) is 0 Å². The molecule has 0 aliphatic rings. The molecule has 0 N–H and O–H groups in total. The van der Waals surface area contributed by atoms with Crippen LogP contribution in [0.15, 0.2) is 12.1 Å². The number of imidazole rings is 1. The van der Waals surface area contributed by atoms with Crippen molar-refractivity contribution in [1.82, 2.24) is 9.55 Å². The number of rotatable bonds is 4. The summed E-state index contributed by atoms with van der Waals surface area (Å²) in [6, 6.07) is 2.50. The number of nitrogens with zero attached hydrogens (tertiary/aromatic N) is 2. The largest absolute Gasteiger partial charge is 0.383 e. The van der Waals surface area contributed by atoms with Crippen LogP contribution in [0.1, 0.15) is 5.82 Å². The maximum atomic E-state index is 13.7.